The van der Waals surface area contributed by atoms with E-state index in [0.29, 0.717) is 25.2 Å². The monoisotopic (exact) mass is 418 g/mol. The number of aromatic nitrogens is 3. The third kappa shape index (κ3) is 4.75. The molecule has 0 unspecified atom stereocenters. The van der Waals surface area contributed by atoms with Crippen molar-refractivity contribution >= 4 is 10.9 Å². The molecule has 4 rings (SSSR count). The molecule has 160 valence electrons. The van der Waals surface area contributed by atoms with Crippen molar-refractivity contribution in [3.63, 3.8) is 0 Å². The van der Waals surface area contributed by atoms with Gasteiger partial charge in [0, 0.05) is 24.3 Å². The summed E-state index contributed by atoms with van der Waals surface area (Å²) >= 11 is 0. The van der Waals surface area contributed by atoms with E-state index in [1.807, 2.05) is 49.7 Å². The zero-order valence-corrected chi connectivity index (χ0v) is 18.2. The highest BCUT2D eigenvalue weighted by Gasteiger charge is 2.11. The van der Waals surface area contributed by atoms with Gasteiger partial charge in [0.2, 0.25) is 0 Å². The van der Waals surface area contributed by atoms with Crippen LogP contribution in [0.25, 0.3) is 10.9 Å². The fraction of sp³-hybridized carbons (Fsp3) is 0.280. The highest BCUT2D eigenvalue weighted by atomic mass is 19.1. The molecular weight excluding hydrogens is 391 g/mol. The maximum Gasteiger partial charge on any atom is 0.255 e. The van der Waals surface area contributed by atoms with Crippen LogP contribution in [-0.2, 0) is 19.6 Å². The van der Waals surface area contributed by atoms with Gasteiger partial charge < -0.3 is 9.88 Å². The molecule has 0 radical (unpaired) electrons. The minimum Gasteiger partial charge on any atom is -0.311 e. The summed E-state index contributed by atoms with van der Waals surface area (Å²) in [6.45, 7) is 8.29. The van der Waals surface area contributed by atoms with E-state index < -0.39 is 0 Å². The van der Waals surface area contributed by atoms with E-state index >= 15 is 0 Å². The molecule has 0 atom stereocenters. The Kier molecular flexibility index (Phi) is 6.00. The average Bonchev–Trinajstić information content (AvgIpc) is 3.05. The number of rotatable bonds is 7. The Balaban J connectivity index is 1.60. The number of fused-ring (bicyclic) bond motifs is 1. The van der Waals surface area contributed by atoms with Crippen LogP contribution in [0.4, 0.5) is 4.39 Å². The van der Waals surface area contributed by atoms with Crippen molar-refractivity contribution in [2.24, 2.45) is 0 Å². The summed E-state index contributed by atoms with van der Waals surface area (Å²) in [6, 6.07) is 16.5. The molecule has 0 bridgehead atoms. The van der Waals surface area contributed by atoms with Crippen LogP contribution < -0.4 is 10.9 Å². The first-order chi connectivity index (χ1) is 14.9. The van der Waals surface area contributed by atoms with Crippen molar-refractivity contribution in [3.8, 4) is 0 Å². The second-order valence-corrected chi connectivity index (χ2v) is 8.08. The number of nitrogens with zero attached hydrogens (tertiary/aromatic N) is 3. The first-order valence-corrected chi connectivity index (χ1v) is 10.5. The second-order valence-electron chi connectivity index (χ2n) is 8.08. The van der Waals surface area contributed by atoms with E-state index in [2.05, 4.69) is 22.5 Å². The Morgan fingerprint density at radius 1 is 1.03 bits per heavy atom. The molecule has 0 aliphatic heterocycles. The predicted octanol–water partition coefficient (Wildman–Crippen LogP) is 4.10. The largest absolute Gasteiger partial charge is 0.311 e. The summed E-state index contributed by atoms with van der Waals surface area (Å²) in [5.74, 6) is -0.298. The van der Waals surface area contributed by atoms with Crippen LogP contribution in [0.3, 0.4) is 0 Å². The molecule has 2 aromatic heterocycles. The van der Waals surface area contributed by atoms with E-state index in [-0.39, 0.29) is 11.4 Å². The molecule has 2 aromatic carbocycles. The summed E-state index contributed by atoms with van der Waals surface area (Å²) in [5, 5.41) is 8.85. The van der Waals surface area contributed by atoms with Crippen LogP contribution in [0.5, 0.6) is 0 Å². The molecule has 0 aliphatic rings. The number of benzene rings is 2. The third-order valence-electron chi connectivity index (χ3n) is 5.47. The molecule has 4 aromatic rings. The maximum atomic E-state index is 13.7. The topological polar surface area (TPSA) is 51.9 Å². The molecular formula is C25H27FN4O. The van der Waals surface area contributed by atoms with Gasteiger partial charge in [-0.2, -0.15) is 5.10 Å². The Bertz CT molecular complexity index is 1290. The van der Waals surface area contributed by atoms with Gasteiger partial charge in [-0.1, -0.05) is 23.8 Å². The first kappa shape index (κ1) is 21.0. The van der Waals surface area contributed by atoms with E-state index in [9.17, 15) is 9.18 Å². The summed E-state index contributed by atoms with van der Waals surface area (Å²) in [7, 11) is 0. The van der Waals surface area contributed by atoms with E-state index in [4.69, 9.17) is 0 Å². The molecule has 5 nitrogen and oxygen atoms in total. The number of hydrogen-bond acceptors (Lipinski definition) is 3. The maximum absolute atomic E-state index is 13.7. The van der Waals surface area contributed by atoms with Crippen LogP contribution in [0.15, 0.2) is 59.4 Å². The van der Waals surface area contributed by atoms with Gasteiger partial charge in [-0.25, -0.2) is 4.39 Å². The number of pyridine rings is 1. The van der Waals surface area contributed by atoms with Crippen molar-refractivity contribution in [1.29, 1.82) is 0 Å². The molecule has 0 aliphatic carbocycles. The zero-order chi connectivity index (χ0) is 22.0. The van der Waals surface area contributed by atoms with Crippen LogP contribution >= 0.6 is 0 Å². The van der Waals surface area contributed by atoms with Crippen molar-refractivity contribution in [2.45, 2.75) is 40.4 Å². The van der Waals surface area contributed by atoms with Gasteiger partial charge in [0.25, 0.3) is 5.56 Å². The van der Waals surface area contributed by atoms with Gasteiger partial charge in [-0.05, 0) is 68.1 Å². The van der Waals surface area contributed by atoms with E-state index in [1.165, 1.54) is 12.1 Å². The normalized spacial score (nSPS) is 11.4. The summed E-state index contributed by atoms with van der Waals surface area (Å²) < 4.78 is 17.4. The molecule has 2 heterocycles. The number of aryl methyl sites for hydroxylation is 3. The summed E-state index contributed by atoms with van der Waals surface area (Å²) in [4.78, 5) is 13.3. The van der Waals surface area contributed by atoms with Gasteiger partial charge >= 0.3 is 0 Å². The van der Waals surface area contributed by atoms with Crippen molar-refractivity contribution in [3.05, 3.63) is 98.8 Å². The van der Waals surface area contributed by atoms with Gasteiger partial charge in [0.1, 0.15) is 5.82 Å². The number of nitrogens with one attached hydrogen (secondary N) is 1. The van der Waals surface area contributed by atoms with Crippen molar-refractivity contribution in [1.82, 2.24) is 19.7 Å². The lowest BCUT2D eigenvalue weighted by Gasteiger charge is -2.14. The summed E-state index contributed by atoms with van der Waals surface area (Å²) in [5.41, 5.74) is 5.51. The molecule has 0 spiro atoms. The average molecular weight is 419 g/mol. The minimum absolute atomic E-state index is 0.0563. The van der Waals surface area contributed by atoms with Crippen molar-refractivity contribution in [2.75, 3.05) is 6.54 Å². The predicted molar refractivity (Wildman–Crippen MR) is 122 cm³/mol. The quantitative estimate of drug-likeness (QED) is 0.460. The molecule has 6 heteroatoms. The lowest BCUT2D eigenvalue weighted by atomic mass is 10.1. The molecule has 0 saturated carbocycles. The Morgan fingerprint density at radius 2 is 1.87 bits per heavy atom. The Hall–Kier alpha value is -3.25. The van der Waals surface area contributed by atoms with E-state index in [1.54, 1.807) is 10.6 Å². The summed E-state index contributed by atoms with van der Waals surface area (Å²) in [6.07, 6.45) is 0. The third-order valence-corrected chi connectivity index (χ3v) is 5.47. The lowest BCUT2D eigenvalue weighted by molar-refractivity contribution is 0.540. The standard InChI is InChI=1S/C25H27FN4O/c1-17-7-8-24-21(11-17)14-22(15-27-9-10-30-19(3)12-18(2)28-30)25(31)29(24)16-20-5-4-6-23(26)13-20/h4-8,11-14,27H,9-10,15-16H2,1-3H3. The second kappa shape index (κ2) is 8.86. The molecule has 0 saturated heterocycles. The van der Waals surface area contributed by atoms with Gasteiger partial charge in [-0.15, -0.1) is 0 Å². The van der Waals surface area contributed by atoms with Gasteiger partial charge in [-0.3, -0.25) is 9.48 Å². The minimum atomic E-state index is -0.298. The molecule has 0 amide bonds. The fourth-order valence-corrected chi connectivity index (χ4v) is 3.98. The SMILES string of the molecule is Cc1ccc2c(c1)cc(CNCCn1nc(C)cc1C)c(=O)n2Cc1cccc(F)c1. The highest BCUT2D eigenvalue weighted by molar-refractivity contribution is 5.80. The Labute approximate surface area is 181 Å². The van der Waals surface area contributed by atoms with Gasteiger partial charge in [0.15, 0.2) is 0 Å². The molecule has 0 fully saturated rings. The van der Waals surface area contributed by atoms with Gasteiger partial charge in [0.05, 0.1) is 24.3 Å². The van der Waals surface area contributed by atoms with Crippen molar-refractivity contribution < 1.29 is 4.39 Å². The molecule has 31 heavy (non-hydrogen) atoms. The van der Waals surface area contributed by atoms with Crippen LogP contribution in [0, 0.1) is 26.6 Å². The van der Waals surface area contributed by atoms with E-state index in [0.717, 1.165) is 40.0 Å². The van der Waals surface area contributed by atoms with Crippen LogP contribution in [0.1, 0.15) is 28.1 Å². The fourth-order valence-electron chi connectivity index (χ4n) is 3.98. The first-order valence-electron chi connectivity index (χ1n) is 10.5. The zero-order valence-electron chi connectivity index (χ0n) is 18.2. The number of halogens is 1. The van der Waals surface area contributed by atoms with Crippen LogP contribution in [0.2, 0.25) is 0 Å². The highest BCUT2D eigenvalue weighted by Crippen LogP contribution is 2.17. The lowest BCUT2D eigenvalue weighted by Crippen LogP contribution is -2.29. The Morgan fingerprint density at radius 3 is 2.61 bits per heavy atom. The van der Waals surface area contributed by atoms with Crippen LogP contribution in [-0.4, -0.2) is 20.9 Å². The molecule has 1 N–H and O–H groups in total. The smallest absolute Gasteiger partial charge is 0.255 e. The number of hydrogen-bond donors (Lipinski definition) is 1.